The zero-order valence-electron chi connectivity index (χ0n) is 16.2. The summed E-state index contributed by atoms with van der Waals surface area (Å²) >= 11 is 3.33. The summed E-state index contributed by atoms with van der Waals surface area (Å²) in [6.45, 7) is 1.76. The van der Waals surface area contributed by atoms with E-state index in [2.05, 4.69) is 21.2 Å². The van der Waals surface area contributed by atoms with E-state index in [1.54, 1.807) is 55.5 Å². The average Bonchev–Trinajstić information content (AvgIpc) is 2.75. The van der Waals surface area contributed by atoms with Gasteiger partial charge in [-0.05, 0) is 42.0 Å². The molecule has 2 aromatic carbocycles. The summed E-state index contributed by atoms with van der Waals surface area (Å²) in [5.41, 5.74) is 2.71. The first-order chi connectivity index (χ1) is 14.4. The maximum Gasteiger partial charge on any atom is 0.412 e. The third kappa shape index (κ3) is 7.51. The number of hydroxylamine groups is 1. The highest BCUT2D eigenvalue weighted by Gasteiger charge is 2.23. The largest absolute Gasteiger partial charge is 0.491 e. The molecule has 0 spiro atoms. The highest BCUT2D eigenvalue weighted by atomic mass is 79.9. The number of anilines is 1. The second kappa shape index (κ2) is 12.0. The molecule has 0 fully saturated rings. The van der Waals surface area contributed by atoms with E-state index < -0.39 is 24.0 Å². The summed E-state index contributed by atoms with van der Waals surface area (Å²) in [5, 5.41) is 20.3. The van der Waals surface area contributed by atoms with Gasteiger partial charge in [-0.15, -0.1) is 0 Å². The quantitative estimate of drug-likeness (QED) is 0.247. The van der Waals surface area contributed by atoms with Crippen molar-refractivity contribution >= 4 is 33.6 Å². The lowest BCUT2D eigenvalue weighted by molar-refractivity contribution is -0.124. The molecule has 0 unspecified atom stereocenters. The highest BCUT2D eigenvalue weighted by Crippen LogP contribution is 2.30. The number of hydrogen-bond donors (Lipinski definition) is 4. The first-order valence-electron chi connectivity index (χ1n) is 9.12. The van der Waals surface area contributed by atoms with Gasteiger partial charge in [0.1, 0.15) is 18.5 Å². The molecule has 2 aromatic rings. The minimum atomic E-state index is -0.749. The van der Waals surface area contributed by atoms with Crippen LogP contribution in [0.2, 0.25) is 0 Å². The lowest BCUT2D eigenvalue weighted by Gasteiger charge is -2.23. The topological polar surface area (TPSA) is 117 Å². The fraction of sp³-hybridized carbons (Fsp3) is 0.238. The number of ether oxygens (including phenoxy) is 2. The van der Waals surface area contributed by atoms with Crippen molar-refractivity contribution in [1.82, 2.24) is 5.48 Å². The normalized spacial score (nSPS) is 12.8. The number of carbonyl (C=O) groups excluding carboxylic acids is 2. The van der Waals surface area contributed by atoms with Crippen molar-refractivity contribution in [1.29, 1.82) is 0 Å². The van der Waals surface area contributed by atoms with Crippen molar-refractivity contribution in [3.63, 3.8) is 0 Å². The molecule has 30 heavy (non-hydrogen) atoms. The van der Waals surface area contributed by atoms with E-state index in [9.17, 15) is 9.59 Å². The van der Waals surface area contributed by atoms with E-state index >= 15 is 0 Å². The predicted molar refractivity (Wildman–Crippen MR) is 114 cm³/mol. The molecule has 0 saturated carbocycles. The summed E-state index contributed by atoms with van der Waals surface area (Å²) in [5.74, 6) is -0.598. The van der Waals surface area contributed by atoms with E-state index in [0.29, 0.717) is 17.0 Å². The fourth-order valence-corrected chi connectivity index (χ4v) is 2.86. The molecule has 4 N–H and O–H groups in total. The van der Waals surface area contributed by atoms with Crippen molar-refractivity contribution < 1.29 is 29.4 Å². The molecular formula is C21H23BrN2O6. The van der Waals surface area contributed by atoms with Gasteiger partial charge in [0.05, 0.1) is 6.61 Å². The Morgan fingerprint density at radius 1 is 1.20 bits per heavy atom. The SMILES string of the molecule is C[C@H](/C=C/C(=O)NO)[C@@H](OC(=O)Nc1ccc(Br)cc1)c1cccc(OCCO)c1. The Kier molecular flexibility index (Phi) is 9.33. The van der Waals surface area contributed by atoms with Crippen LogP contribution >= 0.6 is 15.9 Å². The van der Waals surface area contributed by atoms with E-state index in [-0.39, 0.29) is 13.2 Å². The van der Waals surface area contributed by atoms with Crippen LogP contribution in [0.1, 0.15) is 18.6 Å². The van der Waals surface area contributed by atoms with Gasteiger partial charge in [0, 0.05) is 22.2 Å². The molecule has 2 amide bonds. The highest BCUT2D eigenvalue weighted by molar-refractivity contribution is 9.10. The molecular weight excluding hydrogens is 456 g/mol. The zero-order chi connectivity index (χ0) is 21.9. The number of rotatable bonds is 9. The minimum absolute atomic E-state index is 0.130. The first kappa shape index (κ1) is 23.4. The third-order valence-corrected chi connectivity index (χ3v) is 4.54. The van der Waals surface area contributed by atoms with Crippen LogP contribution in [0.5, 0.6) is 5.75 Å². The summed E-state index contributed by atoms with van der Waals surface area (Å²) in [4.78, 5) is 23.8. The van der Waals surface area contributed by atoms with Crippen molar-refractivity contribution in [3.8, 4) is 5.75 Å². The fourth-order valence-electron chi connectivity index (χ4n) is 2.60. The van der Waals surface area contributed by atoms with Crippen LogP contribution in [0.3, 0.4) is 0 Å². The van der Waals surface area contributed by atoms with Crippen molar-refractivity contribution in [2.24, 2.45) is 5.92 Å². The van der Waals surface area contributed by atoms with Gasteiger partial charge in [0.15, 0.2) is 0 Å². The number of hydrogen-bond acceptors (Lipinski definition) is 6. The number of aliphatic hydroxyl groups excluding tert-OH is 1. The molecule has 0 aliphatic rings. The van der Waals surface area contributed by atoms with Gasteiger partial charge in [0.25, 0.3) is 5.91 Å². The van der Waals surface area contributed by atoms with Crippen LogP contribution in [0, 0.1) is 5.92 Å². The molecule has 160 valence electrons. The van der Waals surface area contributed by atoms with Crippen LogP contribution in [-0.4, -0.2) is 35.5 Å². The average molecular weight is 479 g/mol. The molecule has 0 aliphatic heterocycles. The van der Waals surface area contributed by atoms with Crippen LogP contribution in [0.25, 0.3) is 0 Å². The van der Waals surface area contributed by atoms with Crippen molar-refractivity contribution in [2.75, 3.05) is 18.5 Å². The Morgan fingerprint density at radius 2 is 1.93 bits per heavy atom. The lowest BCUT2D eigenvalue weighted by Crippen LogP contribution is -2.22. The van der Waals surface area contributed by atoms with Gasteiger partial charge in [-0.3, -0.25) is 15.3 Å². The smallest absolute Gasteiger partial charge is 0.412 e. The predicted octanol–water partition coefficient (Wildman–Crippen LogP) is 3.81. The Hall–Kier alpha value is -2.88. The molecule has 0 bridgehead atoms. The molecule has 0 saturated heterocycles. The summed E-state index contributed by atoms with van der Waals surface area (Å²) < 4.78 is 11.9. The number of amides is 2. The number of carbonyl (C=O) groups is 2. The third-order valence-electron chi connectivity index (χ3n) is 4.01. The molecule has 9 heteroatoms. The van der Waals surface area contributed by atoms with Gasteiger partial charge in [-0.2, -0.15) is 0 Å². The Labute approximate surface area is 182 Å². The van der Waals surface area contributed by atoms with Crippen LogP contribution in [0.15, 0.2) is 65.2 Å². The van der Waals surface area contributed by atoms with E-state index in [1.165, 1.54) is 11.6 Å². The number of aliphatic hydroxyl groups is 1. The summed E-state index contributed by atoms with van der Waals surface area (Å²) in [6, 6.07) is 13.9. The Morgan fingerprint density at radius 3 is 2.60 bits per heavy atom. The molecule has 0 aromatic heterocycles. The van der Waals surface area contributed by atoms with Gasteiger partial charge in [0.2, 0.25) is 0 Å². The molecule has 0 aliphatic carbocycles. The molecule has 8 nitrogen and oxygen atoms in total. The second-order valence-corrected chi connectivity index (χ2v) is 7.21. The molecule has 2 atom stereocenters. The van der Waals surface area contributed by atoms with Crippen molar-refractivity contribution in [2.45, 2.75) is 13.0 Å². The van der Waals surface area contributed by atoms with Crippen LogP contribution in [0.4, 0.5) is 10.5 Å². The minimum Gasteiger partial charge on any atom is -0.491 e. The summed E-state index contributed by atoms with van der Waals surface area (Å²) in [7, 11) is 0. The number of benzene rings is 2. The maximum absolute atomic E-state index is 12.5. The Balaban J connectivity index is 2.21. The number of nitrogens with one attached hydrogen (secondary N) is 2. The van der Waals surface area contributed by atoms with E-state index in [1.807, 2.05) is 0 Å². The van der Waals surface area contributed by atoms with Crippen LogP contribution in [-0.2, 0) is 9.53 Å². The Bertz CT molecular complexity index is 872. The maximum atomic E-state index is 12.5. The van der Waals surface area contributed by atoms with Gasteiger partial charge in [-0.1, -0.05) is 41.1 Å². The van der Waals surface area contributed by atoms with E-state index in [4.69, 9.17) is 19.8 Å². The van der Waals surface area contributed by atoms with Crippen LogP contribution < -0.4 is 15.5 Å². The molecule has 0 radical (unpaired) electrons. The van der Waals surface area contributed by atoms with Gasteiger partial charge in [-0.25, -0.2) is 10.3 Å². The van der Waals surface area contributed by atoms with E-state index in [0.717, 1.165) is 10.5 Å². The zero-order valence-corrected chi connectivity index (χ0v) is 17.8. The second-order valence-electron chi connectivity index (χ2n) is 6.30. The first-order valence-corrected chi connectivity index (χ1v) is 9.91. The standard InChI is InChI=1S/C21H23BrN2O6/c1-14(5-10-19(26)24-28)20(15-3-2-4-18(13-15)29-12-11-25)30-21(27)23-17-8-6-16(22)7-9-17/h2-10,13-14,20,25,28H,11-12H2,1H3,(H,23,27)(H,24,26)/b10-5+/t14-,20-/m1/s1. The number of halogens is 1. The van der Waals surface area contributed by atoms with Crippen molar-refractivity contribution in [3.05, 3.63) is 70.7 Å². The lowest BCUT2D eigenvalue weighted by atomic mass is 9.96. The molecule has 2 rings (SSSR count). The monoisotopic (exact) mass is 478 g/mol. The van der Waals surface area contributed by atoms with Gasteiger partial charge >= 0.3 is 6.09 Å². The van der Waals surface area contributed by atoms with Gasteiger partial charge < -0.3 is 14.6 Å². The molecule has 0 heterocycles. The summed E-state index contributed by atoms with van der Waals surface area (Å²) in [6.07, 6.45) is 1.25.